The van der Waals surface area contributed by atoms with Gasteiger partial charge in [0.15, 0.2) is 0 Å². The first-order valence-electron chi connectivity index (χ1n) is 7.74. The van der Waals surface area contributed by atoms with Gasteiger partial charge in [-0.1, -0.05) is 46.3 Å². The second kappa shape index (κ2) is 9.10. The number of hydrogen-bond donors (Lipinski definition) is 1. The van der Waals surface area contributed by atoms with E-state index < -0.39 is 22.8 Å². The second-order valence-electron chi connectivity index (χ2n) is 5.51. The maximum Gasteiger partial charge on any atom is 0.307 e. The Balaban J connectivity index is 2.17. The fourth-order valence-corrected chi connectivity index (χ4v) is 2.72. The van der Waals surface area contributed by atoms with Gasteiger partial charge in [-0.2, -0.15) is 0 Å². The topological polar surface area (TPSA) is 98.5 Å². The van der Waals surface area contributed by atoms with Crippen LogP contribution >= 0.6 is 15.9 Å². The van der Waals surface area contributed by atoms with Crippen molar-refractivity contribution >= 4 is 33.5 Å². The largest absolute Gasteiger partial charge is 0.469 e. The van der Waals surface area contributed by atoms with Gasteiger partial charge in [0.2, 0.25) is 5.91 Å². The van der Waals surface area contributed by atoms with Crippen molar-refractivity contribution < 1.29 is 19.2 Å². The summed E-state index contributed by atoms with van der Waals surface area (Å²) in [6, 6.07) is 12.6. The molecule has 26 heavy (non-hydrogen) atoms. The molecule has 1 atom stereocenters. The van der Waals surface area contributed by atoms with Crippen LogP contribution in [-0.4, -0.2) is 23.9 Å². The van der Waals surface area contributed by atoms with Crippen LogP contribution < -0.4 is 5.32 Å². The summed E-state index contributed by atoms with van der Waals surface area (Å²) in [5, 5.41) is 13.8. The van der Waals surface area contributed by atoms with Crippen molar-refractivity contribution in [3.63, 3.8) is 0 Å². The molecule has 7 nitrogen and oxygen atoms in total. The van der Waals surface area contributed by atoms with Crippen LogP contribution in [0.3, 0.4) is 0 Å². The number of benzene rings is 2. The number of para-hydroxylation sites is 1. The van der Waals surface area contributed by atoms with E-state index in [9.17, 15) is 19.7 Å². The number of esters is 1. The van der Waals surface area contributed by atoms with Gasteiger partial charge >= 0.3 is 5.97 Å². The Morgan fingerprint density at radius 3 is 2.46 bits per heavy atom. The van der Waals surface area contributed by atoms with E-state index in [0.717, 1.165) is 10.0 Å². The third-order valence-corrected chi connectivity index (χ3v) is 4.27. The first kappa shape index (κ1) is 19.6. The molecule has 0 aliphatic rings. The lowest BCUT2D eigenvalue weighted by molar-refractivity contribution is -0.385. The van der Waals surface area contributed by atoms with Crippen LogP contribution in [0, 0.1) is 10.1 Å². The van der Waals surface area contributed by atoms with E-state index >= 15 is 0 Å². The summed E-state index contributed by atoms with van der Waals surface area (Å²) >= 11 is 3.33. The number of carbonyl (C=O) groups is 2. The molecule has 0 aliphatic heterocycles. The van der Waals surface area contributed by atoms with Gasteiger partial charge in [0.1, 0.15) is 0 Å². The standard InChI is InChI=1S/C18H17BrN2O5/c1-26-18(23)11-15(12-6-8-14(19)9-7-12)20-17(22)10-13-4-2-3-5-16(13)21(24)25/h2-9,15H,10-11H2,1H3,(H,20,22). The minimum Gasteiger partial charge on any atom is -0.469 e. The van der Waals surface area contributed by atoms with Crippen molar-refractivity contribution in [1.82, 2.24) is 5.32 Å². The van der Waals surface area contributed by atoms with Gasteiger partial charge in [-0.05, 0) is 17.7 Å². The summed E-state index contributed by atoms with van der Waals surface area (Å²) in [7, 11) is 1.27. The van der Waals surface area contributed by atoms with Gasteiger partial charge in [0, 0.05) is 16.1 Å². The summed E-state index contributed by atoms with van der Waals surface area (Å²) in [6.07, 6.45) is -0.202. The maximum absolute atomic E-state index is 12.4. The predicted molar refractivity (Wildman–Crippen MR) is 98.5 cm³/mol. The summed E-state index contributed by atoms with van der Waals surface area (Å²) in [6.45, 7) is 0. The number of rotatable bonds is 7. The Morgan fingerprint density at radius 1 is 1.19 bits per heavy atom. The maximum atomic E-state index is 12.4. The molecule has 2 rings (SSSR count). The molecule has 1 unspecified atom stereocenters. The number of hydrogen-bond acceptors (Lipinski definition) is 5. The fourth-order valence-electron chi connectivity index (χ4n) is 2.45. The molecule has 0 aromatic heterocycles. The first-order chi connectivity index (χ1) is 12.4. The van der Waals surface area contributed by atoms with Crippen LogP contribution in [0.5, 0.6) is 0 Å². The van der Waals surface area contributed by atoms with E-state index in [-0.39, 0.29) is 18.5 Å². The Kier molecular flexibility index (Phi) is 6.85. The molecule has 2 aromatic carbocycles. The van der Waals surface area contributed by atoms with Crippen molar-refractivity contribution in [2.24, 2.45) is 0 Å². The number of nitrogens with one attached hydrogen (secondary N) is 1. The van der Waals surface area contributed by atoms with E-state index in [4.69, 9.17) is 0 Å². The van der Waals surface area contributed by atoms with Gasteiger partial charge in [-0.25, -0.2) is 0 Å². The first-order valence-corrected chi connectivity index (χ1v) is 8.54. The molecule has 0 saturated carbocycles. The third-order valence-electron chi connectivity index (χ3n) is 3.75. The summed E-state index contributed by atoms with van der Waals surface area (Å²) in [5.41, 5.74) is 0.924. The Morgan fingerprint density at radius 2 is 1.85 bits per heavy atom. The lowest BCUT2D eigenvalue weighted by atomic mass is 10.0. The SMILES string of the molecule is COC(=O)CC(NC(=O)Cc1ccccc1[N+](=O)[O-])c1ccc(Br)cc1. The van der Waals surface area contributed by atoms with Crippen molar-refractivity contribution in [2.45, 2.75) is 18.9 Å². The van der Waals surface area contributed by atoms with Crippen molar-refractivity contribution in [2.75, 3.05) is 7.11 Å². The Hall–Kier alpha value is -2.74. The van der Waals surface area contributed by atoms with E-state index in [2.05, 4.69) is 26.0 Å². The average molecular weight is 421 g/mol. The second-order valence-corrected chi connectivity index (χ2v) is 6.43. The number of ether oxygens (including phenoxy) is 1. The number of nitro groups is 1. The van der Waals surface area contributed by atoms with Gasteiger partial charge in [-0.3, -0.25) is 19.7 Å². The molecular formula is C18H17BrN2O5. The van der Waals surface area contributed by atoms with E-state index in [0.29, 0.717) is 5.56 Å². The molecule has 136 valence electrons. The molecule has 0 saturated heterocycles. The Labute approximate surface area is 158 Å². The molecule has 2 aromatic rings. The quantitative estimate of drug-likeness (QED) is 0.420. The van der Waals surface area contributed by atoms with Crippen LogP contribution in [0.1, 0.15) is 23.6 Å². The molecule has 0 heterocycles. The van der Waals surface area contributed by atoms with E-state index in [1.54, 1.807) is 36.4 Å². The minimum absolute atomic E-state index is 0.0409. The number of nitrogens with zero attached hydrogens (tertiary/aromatic N) is 1. The number of methoxy groups -OCH3 is 1. The zero-order valence-corrected chi connectivity index (χ0v) is 15.6. The van der Waals surface area contributed by atoms with E-state index in [1.807, 2.05) is 0 Å². The van der Waals surface area contributed by atoms with Crippen molar-refractivity contribution in [3.05, 3.63) is 74.2 Å². The fraction of sp³-hybridized carbons (Fsp3) is 0.222. The molecule has 0 fully saturated rings. The highest BCUT2D eigenvalue weighted by Gasteiger charge is 2.21. The molecule has 0 aliphatic carbocycles. The summed E-state index contributed by atoms with van der Waals surface area (Å²) < 4.78 is 5.55. The third kappa shape index (κ3) is 5.38. The van der Waals surface area contributed by atoms with Crippen LogP contribution in [0.25, 0.3) is 0 Å². The van der Waals surface area contributed by atoms with Gasteiger partial charge < -0.3 is 10.1 Å². The molecule has 0 spiro atoms. The number of amides is 1. The monoisotopic (exact) mass is 420 g/mol. The lowest BCUT2D eigenvalue weighted by Crippen LogP contribution is -2.31. The lowest BCUT2D eigenvalue weighted by Gasteiger charge is -2.18. The van der Waals surface area contributed by atoms with Crippen LogP contribution in [0.2, 0.25) is 0 Å². The van der Waals surface area contributed by atoms with Gasteiger partial charge in [0.25, 0.3) is 5.69 Å². The molecule has 8 heteroatoms. The van der Waals surface area contributed by atoms with Crippen LogP contribution in [0.4, 0.5) is 5.69 Å². The smallest absolute Gasteiger partial charge is 0.307 e. The average Bonchev–Trinajstić information content (AvgIpc) is 2.62. The number of halogens is 1. The number of nitro benzene ring substituents is 1. The zero-order chi connectivity index (χ0) is 19.1. The zero-order valence-electron chi connectivity index (χ0n) is 14.0. The highest BCUT2D eigenvalue weighted by molar-refractivity contribution is 9.10. The minimum atomic E-state index is -0.592. The molecule has 1 N–H and O–H groups in total. The summed E-state index contributed by atoms with van der Waals surface area (Å²) in [5.74, 6) is -0.889. The van der Waals surface area contributed by atoms with Crippen LogP contribution in [-0.2, 0) is 20.7 Å². The summed E-state index contributed by atoms with van der Waals surface area (Å²) in [4.78, 5) is 34.6. The van der Waals surface area contributed by atoms with Crippen molar-refractivity contribution in [1.29, 1.82) is 0 Å². The molecular weight excluding hydrogens is 404 g/mol. The van der Waals surface area contributed by atoms with Crippen LogP contribution in [0.15, 0.2) is 53.0 Å². The molecule has 1 amide bonds. The highest BCUT2D eigenvalue weighted by Crippen LogP contribution is 2.22. The molecule has 0 radical (unpaired) electrons. The van der Waals surface area contributed by atoms with Crippen molar-refractivity contribution in [3.8, 4) is 0 Å². The van der Waals surface area contributed by atoms with Gasteiger partial charge in [0.05, 0.1) is 30.9 Å². The normalized spacial score (nSPS) is 11.5. The molecule has 0 bridgehead atoms. The number of carbonyl (C=O) groups excluding carboxylic acids is 2. The Bertz CT molecular complexity index is 807. The highest BCUT2D eigenvalue weighted by atomic mass is 79.9. The van der Waals surface area contributed by atoms with Gasteiger partial charge in [-0.15, -0.1) is 0 Å². The predicted octanol–water partition coefficient (Wildman–Crippen LogP) is 3.32. The van der Waals surface area contributed by atoms with E-state index in [1.165, 1.54) is 19.2 Å².